The third-order valence-corrected chi connectivity index (χ3v) is 3.30. The summed E-state index contributed by atoms with van der Waals surface area (Å²) in [6.07, 6.45) is 2.24. The maximum absolute atomic E-state index is 13.5. The van der Waals surface area contributed by atoms with Gasteiger partial charge in [-0.15, -0.1) is 0 Å². The van der Waals surface area contributed by atoms with Gasteiger partial charge in [-0.1, -0.05) is 0 Å². The highest BCUT2D eigenvalue weighted by molar-refractivity contribution is 5.53. The van der Waals surface area contributed by atoms with E-state index < -0.39 is 0 Å². The Labute approximate surface area is 107 Å². The largest absolute Gasteiger partial charge is 0.367 e. The van der Waals surface area contributed by atoms with E-state index in [0.29, 0.717) is 11.6 Å². The summed E-state index contributed by atoms with van der Waals surface area (Å²) in [5.74, 6) is -0.334. The third kappa shape index (κ3) is 2.80. The van der Waals surface area contributed by atoms with E-state index in [0.717, 1.165) is 31.6 Å². The van der Waals surface area contributed by atoms with E-state index in [1.165, 1.54) is 12.1 Å². The van der Waals surface area contributed by atoms with Gasteiger partial charge >= 0.3 is 0 Å². The van der Waals surface area contributed by atoms with Crippen molar-refractivity contribution in [2.24, 2.45) is 0 Å². The van der Waals surface area contributed by atoms with Gasteiger partial charge in [0, 0.05) is 24.8 Å². The molecule has 0 radical (unpaired) electrons. The van der Waals surface area contributed by atoms with Crippen LogP contribution in [0.1, 0.15) is 18.4 Å². The average molecular weight is 247 g/mol. The lowest BCUT2D eigenvalue weighted by atomic mass is 10.1. The fraction of sp³-hybridized carbons (Fsp3) is 0.500. The summed E-state index contributed by atoms with van der Waals surface area (Å²) in [6.45, 7) is 1.89. The fourth-order valence-corrected chi connectivity index (χ4v) is 2.59. The summed E-state index contributed by atoms with van der Waals surface area (Å²) >= 11 is 0. The second kappa shape index (κ2) is 5.36. The number of nitriles is 1. The van der Waals surface area contributed by atoms with Gasteiger partial charge in [0.2, 0.25) is 0 Å². The monoisotopic (exact) mass is 247 g/mol. The molecule has 0 N–H and O–H groups in total. The Hall–Kier alpha value is -1.60. The van der Waals surface area contributed by atoms with E-state index in [2.05, 4.69) is 9.80 Å². The molecule has 1 aliphatic rings. The van der Waals surface area contributed by atoms with Crippen LogP contribution >= 0.6 is 0 Å². The molecule has 2 rings (SSSR count). The van der Waals surface area contributed by atoms with E-state index in [-0.39, 0.29) is 5.82 Å². The Kier molecular flexibility index (Phi) is 3.83. The zero-order chi connectivity index (χ0) is 13.1. The molecule has 1 heterocycles. The minimum absolute atomic E-state index is 0.334. The highest BCUT2D eigenvalue weighted by Gasteiger charge is 2.25. The van der Waals surface area contributed by atoms with Gasteiger partial charge in [-0.2, -0.15) is 5.26 Å². The van der Waals surface area contributed by atoms with Crippen LogP contribution in [0.25, 0.3) is 0 Å². The zero-order valence-electron chi connectivity index (χ0n) is 10.9. The molecule has 96 valence electrons. The molecule has 1 saturated heterocycles. The Morgan fingerprint density at radius 3 is 2.89 bits per heavy atom. The summed E-state index contributed by atoms with van der Waals surface area (Å²) < 4.78 is 13.5. The van der Waals surface area contributed by atoms with Gasteiger partial charge in [0.1, 0.15) is 5.82 Å². The molecule has 4 heteroatoms. The first-order chi connectivity index (χ1) is 8.60. The molecule has 1 fully saturated rings. The van der Waals surface area contributed by atoms with Crippen LogP contribution in [0.5, 0.6) is 0 Å². The lowest BCUT2D eigenvalue weighted by Crippen LogP contribution is -2.37. The van der Waals surface area contributed by atoms with Crippen molar-refractivity contribution in [3.63, 3.8) is 0 Å². The number of hydrogen-bond acceptors (Lipinski definition) is 3. The van der Waals surface area contributed by atoms with Crippen molar-refractivity contribution in [2.45, 2.75) is 18.9 Å². The Bertz CT molecular complexity index is 465. The molecule has 18 heavy (non-hydrogen) atoms. The quantitative estimate of drug-likeness (QED) is 0.820. The summed E-state index contributed by atoms with van der Waals surface area (Å²) in [6, 6.07) is 7.00. The van der Waals surface area contributed by atoms with Crippen LogP contribution in [0.15, 0.2) is 18.2 Å². The van der Waals surface area contributed by atoms with Crippen LogP contribution < -0.4 is 4.90 Å². The molecule has 0 saturated carbocycles. The predicted molar refractivity (Wildman–Crippen MR) is 70.0 cm³/mol. The normalized spacial score (nSPS) is 19.3. The molecule has 1 aliphatic heterocycles. The Morgan fingerprint density at radius 1 is 1.44 bits per heavy atom. The van der Waals surface area contributed by atoms with Gasteiger partial charge in [-0.3, -0.25) is 0 Å². The molecule has 0 bridgehead atoms. The number of rotatable bonds is 3. The second-order valence-electron chi connectivity index (χ2n) is 5.06. The number of nitrogens with zero attached hydrogens (tertiary/aromatic N) is 3. The van der Waals surface area contributed by atoms with Crippen molar-refractivity contribution in [1.29, 1.82) is 5.26 Å². The van der Waals surface area contributed by atoms with Crippen molar-refractivity contribution in [2.75, 3.05) is 32.1 Å². The smallest absolute Gasteiger partial charge is 0.126 e. The predicted octanol–water partition coefficient (Wildman–Crippen LogP) is 2.23. The molecule has 3 nitrogen and oxygen atoms in total. The van der Waals surface area contributed by atoms with Gasteiger partial charge in [0.05, 0.1) is 11.6 Å². The molecular formula is C14H18FN3. The number of hydrogen-bond donors (Lipinski definition) is 0. The average Bonchev–Trinajstić information content (AvgIpc) is 2.75. The van der Waals surface area contributed by atoms with Gasteiger partial charge in [0.25, 0.3) is 0 Å². The Balaban J connectivity index is 2.24. The lowest BCUT2D eigenvalue weighted by molar-refractivity contribution is 0.372. The molecule has 1 unspecified atom stereocenters. The van der Waals surface area contributed by atoms with Crippen LogP contribution in [0, 0.1) is 17.1 Å². The van der Waals surface area contributed by atoms with Crippen LogP contribution in [0.3, 0.4) is 0 Å². The SMILES string of the molecule is CN(C)CC1CCCN1c1cc(F)cc(C#N)c1. The van der Waals surface area contributed by atoms with Crippen LogP contribution in [0.2, 0.25) is 0 Å². The maximum atomic E-state index is 13.5. The minimum Gasteiger partial charge on any atom is -0.367 e. The highest BCUT2D eigenvalue weighted by atomic mass is 19.1. The van der Waals surface area contributed by atoms with E-state index in [1.54, 1.807) is 6.07 Å². The first kappa shape index (κ1) is 12.8. The minimum atomic E-state index is -0.334. The van der Waals surface area contributed by atoms with E-state index >= 15 is 0 Å². The highest BCUT2D eigenvalue weighted by Crippen LogP contribution is 2.27. The van der Waals surface area contributed by atoms with Gasteiger partial charge in [0.15, 0.2) is 0 Å². The van der Waals surface area contributed by atoms with Gasteiger partial charge in [-0.25, -0.2) is 4.39 Å². The van der Waals surface area contributed by atoms with Crippen LogP contribution in [-0.4, -0.2) is 38.1 Å². The van der Waals surface area contributed by atoms with Crippen molar-refractivity contribution < 1.29 is 4.39 Å². The van der Waals surface area contributed by atoms with Crippen LogP contribution in [0.4, 0.5) is 10.1 Å². The van der Waals surface area contributed by atoms with E-state index in [4.69, 9.17) is 5.26 Å². The molecule has 1 aromatic carbocycles. The molecule has 1 atom stereocenters. The first-order valence-electron chi connectivity index (χ1n) is 6.22. The van der Waals surface area contributed by atoms with Gasteiger partial charge in [-0.05, 0) is 45.1 Å². The summed E-state index contributed by atoms with van der Waals surface area (Å²) in [5, 5.41) is 8.90. The van der Waals surface area contributed by atoms with Crippen LogP contribution in [-0.2, 0) is 0 Å². The van der Waals surface area contributed by atoms with Crippen molar-refractivity contribution in [3.8, 4) is 6.07 Å². The first-order valence-corrected chi connectivity index (χ1v) is 6.22. The molecule has 0 aromatic heterocycles. The lowest BCUT2D eigenvalue weighted by Gasteiger charge is -2.29. The van der Waals surface area contributed by atoms with Crippen molar-refractivity contribution >= 4 is 5.69 Å². The maximum Gasteiger partial charge on any atom is 0.126 e. The molecule has 1 aromatic rings. The summed E-state index contributed by atoms with van der Waals surface area (Å²) in [7, 11) is 4.09. The third-order valence-electron chi connectivity index (χ3n) is 3.30. The number of benzene rings is 1. The number of halogens is 1. The summed E-state index contributed by atoms with van der Waals surface area (Å²) in [4.78, 5) is 4.36. The number of anilines is 1. The molecule has 0 spiro atoms. The molecule has 0 aliphatic carbocycles. The standard InChI is InChI=1S/C14H18FN3/c1-17(2)10-13-4-3-5-18(13)14-7-11(9-16)6-12(15)8-14/h6-8,13H,3-5,10H2,1-2H3. The second-order valence-corrected chi connectivity index (χ2v) is 5.06. The zero-order valence-corrected chi connectivity index (χ0v) is 10.9. The van der Waals surface area contributed by atoms with Gasteiger partial charge < -0.3 is 9.80 Å². The van der Waals surface area contributed by atoms with Crippen molar-refractivity contribution in [1.82, 2.24) is 4.90 Å². The topological polar surface area (TPSA) is 30.3 Å². The molecule has 0 amide bonds. The van der Waals surface area contributed by atoms with E-state index in [1.807, 2.05) is 20.2 Å². The summed E-state index contributed by atoms with van der Waals surface area (Å²) in [5.41, 5.74) is 1.22. The fourth-order valence-electron chi connectivity index (χ4n) is 2.59. The number of likely N-dealkylation sites (N-methyl/N-ethyl adjacent to an activating group) is 1. The van der Waals surface area contributed by atoms with E-state index in [9.17, 15) is 4.39 Å². The molecular weight excluding hydrogens is 229 g/mol. The Morgan fingerprint density at radius 2 is 2.22 bits per heavy atom. The van der Waals surface area contributed by atoms with Crippen molar-refractivity contribution in [3.05, 3.63) is 29.6 Å².